The maximum Gasteiger partial charge on any atom is 0.322 e. The van der Waals surface area contributed by atoms with Crippen LogP contribution in [0, 0.1) is 0 Å². The molecule has 0 saturated carbocycles. The topological polar surface area (TPSA) is 38.3 Å². The van der Waals surface area contributed by atoms with E-state index in [1.807, 2.05) is 13.8 Å². The summed E-state index contributed by atoms with van der Waals surface area (Å²) in [7, 11) is 0. The molecule has 0 radical (unpaired) electrons. The quantitative estimate of drug-likeness (QED) is 0.643. The first-order valence-electron chi connectivity index (χ1n) is 5.04. The van der Waals surface area contributed by atoms with Crippen LogP contribution in [0.4, 0.5) is 0 Å². The van der Waals surface area contributed by atoms with Crippen molar-refractivity contribution in [3.63, 3.8) is 0 Å². The van der Waals surface area contributed by atoms with E-state index in [1.54, 1.807) is 0 Å². The van der Waals surface area contributed by atoms with E-state index in [9.17, 15) is 4.79 Å². The molecule has 0 aromatic rings. The van der Waals surface area contributed by atoms with Crippen molar-refractivity contribution in [2.45, 2.75) is 52.6 Å². The highest BCUT2D eigenvalue weighted by Crippen LogP contribution is 1.97. The van der Waals surface area contributed by atoms with Crippen LogP contribution in [0.25, 0.3) is 0 Å². The number of nitrogens with one attached hydrogen (secondary N) is 1. The molecule has 2 atom stereocenters. The van der Waals surface area contributed by atoms with Crippen molar-refractivity contribution in [1.29, 1.82) is 0 Å². The Balaban J connectivity index is 3.71. The Morgan fingerprint density at radius 1 is 1.38 bits per heavy atom. The van der Waals surface area contributed by atoms with Gasteiger partial charge in [0.1, 0.15) is 6.04 Å². The molecule has 3 nitrogen and oxygen atoms in total. The third kappa shape index (κ3) is 5.64. The van der Waals surface area contributed by atoms with Crippen LogP contribution in [0.5, 0.6) is 0 Å². The molecule has 0 spiro atoms. The lowest BCUT2D eigenvalue weighted by Gasteiger charge is -2.17. The predicted molar refractivity (Wildman–Crippen MR) is 53.6 cm³/mol. The van der Waals surface area contributed by atoms with Gasteiger partial charge in [0.05, 0.1) is 6.61 Å². The number of hydrogen-bond acceptors (Lipinski definition) is 3. The highest BCUT2D eigenvalue weighted by Gasteiger charge is 2.15. The molecule has 0 saturated heterocycles. The Labute approximate surface area is 80.8 Å². The van der Waals surface area contributed by atoms with Crippen molar-refractivity contribution in [3.05, 3.63) is 0 Å². The number of ether oxygens (including phenoxy) is 1. The van der Waals surface area contributed by atoms with Gasteiger partial charge in [-0.05, 0) is 27.2 Å². The first-order chi connectivity index (χ1) is 6.11. The fraction of sp³-hybridized carbons (Fsp3) is 0.900. The molecule has 0 aliphatic rings. The number of carbonyl (C=O) groups excluding carboxylic acids is 1. The van der Waals surface area contributed by atoms with Crippen LogP contribution in [0.3, 0.4) is 0 Å². The van der Waals surface area contributed by atoms with Crippen LogP contribution >= 0.6 is 0 Å². The van der Waals surface area contributed by atoms with E-state index in [2.05, 4.69) is 19.2 Å². The van der Waals surface area contributed by atoms with E-state index >= 15 is 0 Å². The van der Waals surface area contributed by atoms with Gasteiger partial charge in [-0.2, -0.15) is 0 Å². The molecule has 0 aromatic heterocycles. The van der Waals surface area contributed by atoms with E-state index in [1.165, 1.54) is 0 Å². The second kappa shape index (κ2) is 6.89. The standard InChI is InChI=1S/C10H21NO2/c1-5-7-8(3)11-9(4)10(12)13-6-2/h8-9,11H,5-7H2,1-4H3. The molecule has 78 valence electrons. The van der Waals surface area contributed by atoms with Gasteiger partial charge in [-0.15, -0.1) is 0 Å². The van der Waals surface area contributed by atoms with Crippen LogP contribution in [0.15, 0.2) is 0 Å². The molecular formula is C10H21NO2. The summed E-state index contributed by atoms with van der Waals surface area (Å²) in [6.45, 7) is 8.32. The molecule has 0 bridgehead atoms. The van der Waals surface area contributed by atoms with Crippen LogP contribution < -0.4 is 5.32 Å². The molecule has 0 aliphatic heterocycles. The highest BCUT2D eigenvalue weighted by atomic mass is 16.5. The molecule has 0 aromatic carbocycles. The second-order valence-corrected chi connectivity index (χ2v) is 3.33. The van der Waals surface area contributed by atoms with E-state index in [0.29, 0.717) is 12.6 Å². The first-order valence-corrected chi connectivity index (χ1v) is 5.04. The van der Waals surface area contributed by atoms with Crippen LogP contribution in [-0.4, -0.2) is 24.7 Å². The van der Waals surface area contributed by atoms with Gasteiger partial charge < -0.3 is 10.1 Å². The van der Waals surface area contributed by atoms with Gasteiger partial charge in [-0.3, -0.25) is 4.79 Å². The van der Waals surface area contributed by atoms with E-state index in [0.717, 1.165) is 12.8 Å². The van der Waals surface area contributed by atoms with Gasteiger partial charge in [-0.1, -0.05) is 13.3 Å². The van der Waals surface area contributed by atoms with Crippen LogP contribution in [-0.2, 0) is 9.53 Å². The number of rotatable bonds is 6. The Morgan fingerprint density at radius 3 is 2.46 bits per heavy atom. The lowest BCUT2D eigenvalue weighted by atomic mass is 10.2. The SMILES string of the molecule is CCCC(C)NC(C)C(=O)OCC. The normalized spacial score (nSPS) is 15.1. The zero-order chi connectivity index (χ0) is 10.3. The van der Waals surface area contributed by atoms with Gasteiger partial charge in [0.15, 0.2) is 0 Å². The fourth-order valence-electron chi connectivity index (χ4n) is 1.28. The van der Waals surface area contributed by atoms with Crippen LogP contribution in [0.2, 0.25) is 0 Å². The van der Waals surface area contributed by atoms with E-state index in [-0.39, 0.29) is 12.0 Å². The maximum absolute atomic E-state index is 11.2. The summed E-state index contributed by atoms with van der Waals surface area (Å²) in [5.41, 5.74) is 0. The molecule has 13 heavy (non-hydrogen) atoms. The summed E-state index contributed by atoms with van der Waals surface area (Å²) in [6, 6.07) is 0.186. The molecule has 2 unspecified atom stereocenters. The average Bonchev–Trinajstić information content (AvgIpc) is 2.05. The minimum atomic E-state index is -0.193. The van der Waals surface area contributed by atoms with E-state index < -0.39 is 0 Å². The van der Waals surface area contributed by atoms with Crippen molar-refractivity contribution in [3.8, 4) is 0 Å². The number of esters is 1. The first kappa shape index (κ1) is 12.4. The Kier molecular flexibility index (Phi) is 6.59. The summed E-state index contributed by atoms with van der Waals surface area (Å²) in [4.78, 5) is 11.2. The lowest BCUT2D eigenvalue weighted by Crippen LogP contribution is -2.40. The van der Waals surface area contributed by atoms with E-state index in [4.69, 9.17) is 4.74 Å². The summed E-state index contributed by atoms with van der Waals surface area (Å²) >= 11 is 0. The largest absolute Gasteiger partial charge is 0.465 e. The summed E-state index contributed by atoms with van der Waals surface area (Å²) in [5.74, 6) is -0.162. The van der Waals surface area contributed by atoms with Crippen molar-refractivity contribution >= 4 is 5.97 Å². The zero-order valence-corrected chi connectivity index (χ0v) is 9.09. The minimum absolute atomic E-state index is 0.162. The smallest absolute Gasteiger partial charge is 0.322 e. The van der Waals surface area contributed by atoms with Gasteiger partial charge in [0.2, 0.25) is 0 Å². The number of hydrogen-bond donors (Lipinski definition) is 1. The van der Waals surface area contributed by atoms with Crippen molar-refractivity contribution in [1.82, 2.24) is 5.32 Å². The molecule has 1 N–H and O–H groups in total. The summed E-state index contributed by atoms with van der Waals surface area (Å²) in [5, 5.41) is 3.19. The average molecular weight is 187 g/mol. The Morgan fingerprint density at radius 2 is 2.00 bits per heavy atom. The van der Waals surface area contributed by atoms with Gasteiger partial charge in [-0.25, -0.2) is 0 Å². The molecule has 0 aliphatic carbocycles. The Bertz CT molecular complexity index is 148. The zero-order valence-electron chi connectivity index (χ0n) is 9.09. The second-order valence-electron chi connectivity index (χ2n) is 3.33. The molecular weight excluding hydrogens is 166 g/mol. The Hall–Kier alpha value is -0.570. The van der Waals surface area contributed by atoms with Gasteiger partial charge in [0, 0.05) is 6.04 Å². The van der Waals surface area contributed by atoms with Crippen molar-refractivity contribution in [2.24, 2.45) is 0 Å². The lowest BCUT2D eigenvalue weighted by molar-refractivity contribution is -0.145. The predicted octanol–water partition coefficient (Wildman–Crippen LogP) is 1.72. The third-order valence-electron chi connectivity index (χ3n) is 1.90. The highest BCUT2D eigenvalue weighted by molar-refractivity contribution is 5.75. The summed E-state index contributed by atoms with van der Waals surface area (Å²) < 4.78 is 4.88. The van der Waals surface area contributed by atoms with Crippen LogP contribution in [0.1, 0.15) is 40.5 Å². The maximum atomic E-state index is 11.2. The third-order valence-corrected chi connectivity index (χ3v) is 1.90. The molecule has 0 amide bonds. The van der Waals surface area contributed by atoms with Crippen molar-refractivity contribution in [2.75, 3.05) is 6.61 Å². The van der Waals surface area contributed by atoms with Gasteiger partial charge >= 0.3 is 5.97 Å². The molecule has 0 rings (SSSR count). The van der Waals surface area contributed by atoms with Crippen molar-refractivity contribution < 1.29 is 9.53 Å². The van der Waals surface area contributed by atoms with Gasteiger partial charge in [0.25, 0.3) is 0 Å². The molecule has 3 heteroatoms. The molecule has 0 fully saturated rings. The monoisotopic (exact) mass is 187 g/mol. The molecule has 0 heterocycles. The minimum Gasteiger partial charge on any atom is -0.465 e. The fourth-order valence-corrected chi connectivity index (χ4v) is 1.28. The number of carbonyl (C=O) groups is 1. The summed E-state index contributed by atoms with van der Waals surface area (Å²) in [6.07, 6.45) is 2.22.